The van der Waals surface area contributed by atoms with Crippen molar-refractivity contribution in [3.63, 3.8) is 0 Å². The topological polar surface area (TPSA) is 97.3 Å². The van der Waals surface area contributed by atoms with Gasteiger partial charge < -0.3 is 9.47 Å². The number of anilines is 1. The molecule has 0 bridgehead atoms. The van der Waals surface area contributed by atoms with E-state index in [1.54, 1.807) is 60.7 Å². The Hall–Kier alpha value is -3.28. The molecule has 0 fully saturated rings. The molecule has 4 aromatic carbocycles. The molecule has 0 aliphatic heterocycles. The number of carbonyl (C=O) groups is 1. The molecule has 0 aliphatic rings. The second-order valence-corrected chi connectivity index (χ2v) is 13.2. The molecule has 224 valence electrons. The van der Waals surface area contributed by atoms with Gasteiger partial charge in [0.05, 0.1) is 46.3 Å². The molecule has 1 amide bonds. The van der Waals surface area contributed by atoms with E-state index in [-0.39, 0.29) is 13.2 Å². The summed E-state index contributed by atoms with van der Waals surface area (Å²) in [5, 5.41) is 5.50. The average Bonchev–Trinajstić information content (AvgIpc) is 2.97. The van der Waals surface area contributed by atoms with E-state index in [1.807, 2.05) is 6.07 Å². The molecule has 0 heterocycles. The standard InChI is InChI=1S/C30H25BrCl3N3O5S/c1-41-28-15-21(13-25(31)29(28)42-18-20-5-12-26(33)27(34)14-20)16-35-36-30(38)22-6-10-24(11-7-22)37(43(2,39)40)17-19-3-8-23(32)9-4-19/h3-16H,17-18H2,1-2H3,(H,36,38)/b35-16-. The summed E-state index contributed by atoms with van der Waals surface area (Å²) in [7, 11) is -2.08. The van der Waals surface area contributed by atoms with Crippen LogP contribution in [0.2, 0.25) is 15.1 Å². The molecule has 0 aliphatic carbocycles. The van der Waals surface area contributed by atoms with Crippen molar-refractivity contribution in [2.24, 2.45) is 5.10 Å². The van der Waals surface area contributed by atoms with Crippen LogP contribution in [0.4, 0.5) is 5.69 Å². The van der Waals surface area contributed by atoms with Crippen LogP contribution < -0.4 is 19.2 Å². The van der Waals surface area contributed by atoms with E-state index in [4.69, 9.17) is 44.3 Å². The summed E-state index contributed by atoms with van der Waals surface area (Å²) in [5.74, 6) is 0.458. The van der Waals surface area contributed by atoms with Crippen LogP contribution in [0.15, 0.2) is 88.4 Å². The normalized spacial score (nSPS) is 11.4. The average molecular weight is 726 g/mol. The number of amides is 1. The van der Waals surface area contributed by atoms with E-state index in [9.17, 15) is 13.2 Å². The monoisotopic (exact) mass is 723 g/mol. The number of benzene rings is 4. The Kier molecular flexibility index (Phi) is 11.0. The number of sulfonamides is 1. The van der Waals surface area contributed by atoms with E-state index < -0.39 is 15.9 Å². The van der Waals surface area contributed by atoms with Gasteiger partial charge in [-0.25, -0.2) is 13.8 Å². The molecule has 0 radical (unpaired) electrons. The third-order valence-electron chi connectivity index (χ3n) is 6.06. The minimum Gasteiger partial charge on any atom is -0.493 e. The highest BCUT2D eigenvalue weighted by molar-refractivity contribution is 9.10. The number of ether oxygens (including phenoxy) is 2. The lowest BCUT2D eigenvalue weighted by atomic mass is 10.2. The number of halogens is 4. The predicted octanol–water partition coefficient (Wildman–Crippen LogP) is 7.73. The lowest BCUT2D eigenvalue weighted by Gasteiger charge is -2.22. The lowest BCUT2D eigenvalue weighted by molar-refractivity contribution is 0.0955. The van der Waals surface area contributed by atoms with Gasteiger partial charge in [0, 0.05) is 10.6 Å². The number of hydrogen-bond acceptors (Lipinski definition) is 6. The van der Waals surface area contributed by atoms with Crippen LogP contribution in [-0.2, 0) is 23.2 Å². The summed E-state index contributed by atoms with van der Waals surface area (Å²) in [6.07, 6.45) is 2.58. The SMILES string of the molecule is COc1cc(/C=N\NC(=O)c2ccc(N(Cc3ccc(Cl)cc3)S(C)(=O)=O)cc2)cc(Br)c1OCc1ccc(Cl)c(Cl)c1. The van der Waals surface area contributed by atoms with Crippen molar-refractivity contribution in [3.8, 4) is 11.5 Å². The minimum absolute atomic E-state index is 0.115. The van der Waals surface area contributed by atoms with Gasteiger partial charge in [-0.2, -0.15) is 5.10 Å². The molecule has 43 heavy (non-hydrogen) atoms. The first kappa shape index (κ1) is 32.6. The van der Waals surface area contributed by atoms with Crippen LogP contribution >= 0.6 is 50.7 Å². The summed E-state index contributed by atoms with van der Waals surface area (Å²) < 4.78 is 38.3. The zero-order valence-electron chi connectivity index (χ0n) is 22.9. The van der Waals surface area contributed by atoms with Crippen molar-refractivity contribution < 1.29 is 22.7 Å². The van der Waals surface area contributed by atoms with Gasteiger partial charge in [0.15, 0.2) is 11.5 Å². The van der Waals surface area contributed by atoms with E-state index in [0.717, 1.165) is 17.4 Å². The largest absolute Gasteiger partial charge is 0.493 e. The predicted molar refractivity (Wildman–Crippen MR) is 175 cm³/mol. The molecule has 1 N–H and O–H groups in total. The lowest BCUT2D eigenvalue weighted by Crippen LogP contribution is -2.29. The quantitative estimate of drug-likeness (QED) is 0.126. The fourth-order valence-corrected chi connectivity index (χ4v) is 5.81. The number of nitrogens with one attached hydrogen (secondary N) is 1. The zero-order chi connectivity index (χ0) is 31.1. The van der Waals surface area contributed by atoms with Crippen LogP contribution in [0, 0.1) is 0 Å². The first-order valence-electron chi connectivity index (χ1n) is 12.5. The van der Waals surface area contributed by atoms with Crippen molar-refractivity contribution >= 4 is 78.6 Å². The highest BCUT2D eigenvalue weighted by Crippen LogP contribution is 2.37. The van der Waals surface area contributed by atoms with Gasteiger partial charge >= 0.3 is 0 Å². The Morgan fingerprint density at radius 2 is 1.63 bits per heavy atom. The van der Waals surface area contributed by atoms with Crippen molar-refractivity contribution in [3.05, 3.63) is 121 Å². The molecule has 0 aromatic heterocycles. The molecular weight excluding hydrogens is 701 g/mol. The summed E-state index contributed by atoms with van der Waals surface area (Å²) in [5.41, 5.74) is 5.41. The number of methoxy groups -OCH3 is 1. The molecule has 8 nitrogen and oxygen atoms in total. The van der Waals surface area contributed by atoms with Crippen LogP contribution in [0.1, 0.15) is 27.0 Å². The van der Waals surface area contributed by atoms with Crippen LogP contribution in [0.25, 0.3) is 0 Å². The number of carbonyl (C=O) groups excluding carboxylic acids is 1. The molecule has 0 unspecified atom stereocenters. The van der Waals surface area contributed by atoms with Gasteiger partial charge in [-0.15, -0.1) is 0 Å². The zero-order valence-corrected chi connectivity index (χ0v) is 27.5. The van der Waals surface area contributed by atoms with Crippen molar-refractivity contribution in [1.29, 1.82) is 0 Å². The fourth-order valence-electron chi connectivity index (χ4n) is 3.90. The first-order chi connectivity index (χ1) is 20.4. The van der Waals surface area contributed by atoms with Crippen LogP contribution in [0.5, 0.6) is 11.5 Å². The third-order valence-corrected chi connectivity index (χ3v) is 8.78. The summed E-state index contributed by atoms with van der Waals surface area (Å²) in [4.78, 5) is 12.7. The molecule has 0 saturated carbocycles. The maximum atomic E-state index is 12.7. The van der Waals surface area contributed by atoms with Gasteiger partial charge in [-0.1, -0.05) is 53.0 Å². The maximum Gasteiger partial charge on any atom is 0.271 e. The number of hydrogen-bond donors (Lipinski definition) is 1. The molecule has 13 heteroatoms. The second kappa shape index (κ2) is 14.5. The Morgan fingerprint density at radius 3 is 2.26 bits per heavy atom. The van der Waals surface area contributed by atoms with Crippen molar-refractivity contribution in [2.45, 2.75) is 13.2 Å². The van der Waals surface area contributed by atoms with Gasteiger partial charge in [0.25, 0.3) is 5.91 Å². The number of rotatable bonds is 11. The molecular formula is C30H25BrCl3N3O5S. The fraction of sp³-hybridized carbons (Fsp3) is 0.133. The Labute approximate surface area is 273 Å². The molecule has 4 aromatic rings. The van der Waals surface area contributed by atoms with E-state index >= 15 is 0 Å². The smallest absolute Gasteiger partial charge is 0.271 e. The Bertz CT molecular complexity index is 1750. The summed E-state index contributed by atoms with van der Waals surface area (Å²) in [6.45, 7) is 0.349. The molecule has 0 atom stereocenters. The first-order valence-corrected chi connectivity index (χ1v) is 16.3. The number of hydrazone groups is 1. The van der Waals surface area contributed by atoms with Crippen LogP contribution in [-0.4, -0.2) is 33.9 Å². The molecule has 0 spiro atoms. The highest BCUT2D eigenvalue weighted by Gasteiger charge is 2.19. The minimum atomic E-state index is -3.59. The number of nitrogens with zero attached hydrogens (tertiary/aromatic N) is 2. The van der Waals surface area contributed by atoms with Gasteiger partial charge in [0.1, 0.15) is 6.61 Å². The van der Waals surface area contributed by atoms with Gasteiger partial charge in [-0.05, 0) is 93.3 Å². The second-order valence-electron chi connectivity index (χ2n) is 9.21. The van der Waals surface area contributed by atoms with Crippen molar-refractivity contribution in [1.82, 2.24) is 5.43 Å². The van der Waals surface area contributed by atoms with E-state index in [0.29, 0.717) is 47.9 Å². The van der Waals surface area contributed by atoms with Crippen molar-refractivity contribution in [2.75, 3.05) is 17.7 Å². The summed E-state index contributed by atoms with van der Waals surface area (Å²) in [6, 6.07) is 21.8. The van der Waals surface area contributed by atoms with Gasteiger partial charge in [0.2, 0.25) is 10.0 Å². The Balaban J connectivity index is 1.41. The van der Waals surface area contributed by atoms with E-state index in [2.05, 4.69) is 26.5 Å². The van der Waals surface area contributed by atoms with Gasteiger partial charge in [-0.3, -0.25) is 9.10 Å². The highest BCUT2D eigenvalue weighted by atomic mass is 79.9. The Morgan fingerprint density at radius 1 is 0.953 bits per heavy atom. The summed E-state index contributed by atoms with van der Waals surface area (Å²) >= 11 is 21.5. The van der Waals surface area contributed by atoms with Crippen LogP contribution in [0.3, 0.4) is 0 Å². The maximum absolute atomic E-state index is 12.7. The third kappa shape index (κ3) is 8.87. The molecule has 0 saturated heterocycles. The van der Waals surface area contributed by atoms with E-state index in [1.165, 1.54) is 29.8 Å². The molecule has 4 rings (SSSR count).